The summed E-state index contributed by atoms with van der Waals surface area (Å²) in [5.41, 5.74) is 12.5. The van der Waals surface area contributed by atoms with Gasteiger partial charge in [0.2, 0.25) is 0 Å². The average molecular weight is 193 g/mol. The Morgan fingerprint density at radius 2 is 1.86 bits per heavy atom. The van der Waals surface area contributed by atoms with Gasteiger partial charge in [0.05, 0.1) is 17.6 Å². The van der Waals surface area contributed by atoms with Crippen LogP contribution in [0.1, 0.15) is 6.92 Å². The second-order valence-corrected chi connectivity index (χ2v) is 2.87. The highest BCUT2D eigenvalue weighted by Gasteiger charge is 1.91. The van der Waals surface area contributed by atoms with Crippen molar-refractivity contribution in [3.8, 4) is 0 Å². The van der Waals surface area contributed by atoms with Crippen LogP contribution in [0.4, 0.5) is 10.1 Å². The van der Waals surface area contributed by atoms with Gasteiger partial charge >= 0.3 is 0 Å². The fraction of sp³-hybridized carbons (Fsp3) is 0.100. The molecule has 0 aliphatic rings. The number of hydrogen-bond acceptors (Lipinski definition) is 3. The molecule has 0 aliphatic carbocycles. The Morgan fingerprint density at radius 1 is 1.29 bits per heavy atom. The first-order valence-corrected chi connectivity index (χ1v) is 4.11. The van der Waals surface area contributed by atoms with Crippen LogP contribution in [-0.2, 0) is 0 Å². The van der Waals surface area contributed by atoms with Crippen LogP contribution < -0.4 is 11.5 Å². The van der Waals surface area contributed by atoms with Crippen molar-refractivity contribution in [2.75, 3.05) is 0 Å². The zero-order valence-electron chi connectivity index (χ0n) is 7.87. The number of hydrogen-bond donors (Lipinski definition) is 2. The third kappa shape index (κ3) is 2.90. The van der Waals surface area contributed by atoms with Gasteiger partial charge in [-0.3, -0.25) is 4.99 Å². The highest BCUT2D eigenvalue weighted by molar-refractivity contribution is 5.80. The van der Waals surface area contributed by atoms with Crippen LogP contribution in [0.15, 0.2) is 40.7 Å². The predicted octanol–water partition coefficient (Wildman–Crippen LogP) is 1.68. The van der Waals surface area contributed by atoms with Crippen LogP contribution in [0.5, 0.6) is 0 Å². The minimum Gasteiger partial charge on any atom is -0.401 e. The van der Waals surface area contributed by atoms with E-state index in [4.69, 9.17) is 11.5 Å². The first kappa shape index (κ1) is 10.2. The SMILES string of the molecule is CC(N)=C(N)C=Nc1ccc(F)cc1. The molecule has 0 unspecified atom stereocenters. The number of rotatable bonds is 2. The molecule has 74 valence electrons. The molecular weight excluding hydrogens is 181 g/mol. The van der Waals surface area contributed by atoms with Crippen molar-refractivity contribution in [1.82, 2.24) is 0 Å². The Balaban J connectivity index is 2.79. The lowest BCUT2D eigenvalue weighted by atomic mass is 10.3. The molecule has 1 rings (SSSR count). The Morgan fingerprint density at radius 3 is 2.36 bits per heavy atom. The van der Waals surface area contributed by atoms with E-state index in [2.05, 4.69) is 4.99 Å². The Labute approximate surface area is 81.9 Å². The number of nitrogens with zero attached hydrogens (tertiary/aromatic N) is 1. The maximum Gasteiger partial charge on any atom is 0.123 e. The van der Waals surface area contributed by atoms with Crippen LogP contribution in [0.2, 0.25) is 0 Å². The van der Waals surface area contributed by atoms with Crippen molar-refractivity contribution in [1.29, 1.82) is 0 Å². The van der Waals surface area contributed by atoms with Gasteiger partial charge in [0, 0.05) is 5.70 Å². The molecule has 0 saturated heterocycles. The second-order valence-electron chi connectivity index (χ2n) is 2.87. The van der Waals surface area contributed by atoms with Gasteiger partial charge in [-0.25, -0.2) is 4.39 Å². The normalized spacial score (nSPS) is 13.0. The van der Waals surface area contributed by atoms with Crippen molar-refractivity contribution in [2.45, 2.75) is 6.92 Å². The molecule has 4 heteroatoms. The maximum atomic E-state index is 12.5. The second kappa shape index (κ2) is 4.41. The molecule has 0 amide bonds. The molecule has 14 heavy (non-hydrogen) atoms. The molecule has 0 heterocycles. The molecule has 3 nitrogen and oxygen atoms in total. The van der Waals surface area contributed by atoms with Crippen LogP contribution >= 0.6 is 0 Å². The number of benzene rings is 1. The minimum absolute atomic E-state index is 0.289. The fourth-order valence-electron chi connectivity index (χ4n) is 0.773. The number of nitrogens with two attached hydrogens (primary N) is 2. The molecule has 0 aliphatic heterocycles. The Kier molecular flexibility index (Phi) is 3.23. The zero-order valence-corrected chi connectivity index (χ0v) is 7.87. The van der Waals surface area contributed by atoms with E-state index in [0.29, 0.717) is 17.1 Å². The maximum absolute atomic E-state index is 12.5. The highest BCUT2D eigenvalue weighted by atomic mass is 19.1. The summed E-state index contributed by atoms with van der Waals surface area (Å²) in [6, 6.07) is 5.79. The monoisotopic (exact) mass is 193 g/mol. The summed E-state index contributed by atoms with van der Waals surface area (Å²) in [5, 5.41) is 0. The first-order chi connectivity index (χ1) is 6.59. The summed E-state index contributed by atoms with van der Waals surface area (Å²) < 4.78 is 12.5. The summed E-state index contributed by atoms with van der Waals surface area (Å²) in [5.74, 6) is -0.289. The van der Waals surface area contributed by atoms with Gasteiger partial charge in [-0.15, -0.1) is 0 Å². The lowest BCUT2D eigenvalue weighted by Gasteiger charge is -1.96. The first-order valence-electron chi connectivity index (χ1n) is 4.11. The molecule has 0 saturated carbocycles. The average Bonchev–Trinajstić information content (AvgIpc) is 2.16. The third-order valence-corrected chi connectivity index (χ3v) is 1.63. The molecule has 1 aromatic carbocycles. The Hall–Kier alpha value is -1.84. The van der Waals surface area contributed by atoms with Gasteiger partial charge in [-0.05, 0) is 31.2 Å². The quantitative estimate of drug-likeness (QED) is 0.702. The largest absolute Gasteiger partial charge is 0.401 e. The minimum atomic E-state index is -0.289. The van der Waals surface area contributed by atoms with Crippen molar-refractivity contribution in [3.05, 3.63) is 41.5 Å². The third-order valence-electron chi connectivity index (χ3n) is 1.63. The van der Waals surface area contributed by atoms with Crippen LogP contribution in [0.25, 0.3) is 0 Å². The summed E-state index contributed by atoms with van der Waals surface area (Å²) in [6.07, 6.45) is 1.45. The topological polar surface area (TPSA) is 64.4 Å². The van der Waals surface area contributed by atoms with Gasteiger partial charge in [-0.1, -0.05) is 0 Å². The van der Waals surface area contributed by atoms with E-state index in [1.54, 1.807) is 19.1 Å². The van der Waals surface area contributed by atoms with E-state index in [9.17, 15) is 4.39 Å². The van der Waals surface area contributed by atoms with Crippen molar-refractivity contribution in [2.24, 2.45) is 16.5 Å². The summed E-state index contributed by atoms with van der Waals surface area (Å²) in [6.45, 7) is 1.69. The molecular formula is C10H12FN3. The molecule has 0 fully saturated rings. The standard InChI is InChI=1S/C10H12FN3/c1-7(12)10(13)6-14-9-4-2-8(11)3-5-9/h2-6H,12-13H2,1H3. The van der Waals surface area contributed by atoms with E-state index < -0.39 is 0 Å². The van der Waals surface area contributed by atoms with Crippen LogP contribution in [0.3, 0.4) is 0 Å². The summed E-state index contributed by atoms with van der Waals surface area (Å²) >= 11 is 0. The predicted molar refractivity (Wildman–Crippen MR) is 55.6 cm³/mol. The Bertz CT molecular complexity index is 361. The smallest absolute Gasteiger partial charge is 0.123 e. The highest BCUT2D eigenvalue weighted by Crippen LogP contribution is 2.11. The van der Waals surface area contributed by atoms with Crippen LogP contribution in [0, 0.1) is 5.82 Å². The molecule has 4 N–H and O–H groups in total. The summed E-state index contributed by atoms with van der Waals surface area (Å²) in [7, 11) is 0. The van der Waals surface area contributed by atoms with E-state index in [1.165, 1.54) is 18.3 Å². The molecule has 0 bridgehead atoms. The van der Waals surface area contributed by atoms with Crippen LogP contribution in [-0.4, -0.2) is 6.21 Å². The van der Waals surface area contributed by atoms with E-state index in [-0.39, 0.29) is 5.82 Å². The number of allylic oxidation sites excluding steroid dienone is 2. The van der Waals surface area contributed by atoms with Crippen molar-refractivity contribution in [3.63, 3.8) is 0 Å². The van der Waals surface area contributed by atoms with E-state index >= 15 is 0 Å². The molecule has 0 atom stereocenters. The lowest BCUT2D eigenvalue weighted by molar-refractivity contribution is 0.628. The lowest BCUT2D eigenvalue weighted by Crippen LogP contribution is -2.07. The van der Waals surface area contributed by atoms with E-state index in [1.807, 2.05) is 0 Å². The van der Waals surface area contributed by atoms with Crippen molar-refractivity contribution >= 4 is 11.9 Å². The fourth-order valence-corrected chi connectivity index (χ4v) is 0.773. The van der Waals surface area contributed by atoms with Gasteiger partial charge in [0.25, 0.3) is 0 Å². The van der Waals surface area contributed by atoms with Gasteiger partial charge in [-0.2, -0.15) is 0 Å². The number of halogens is 1. The molecule has 0 radical (unpaired) electrons. The molecule has 0 aromatic heterocycles. The van der Waals surface area contributed by atoms with Gasteiger partial charge in [0.15, 0.2) is 0 Å². The van der Waals surface area contributed by atoms with Crippen molar-refractivity contribution < 1.29 is 4.39 Å². The number of aliphatic imine (C=N–C) groups is 1. The molecule has 0 spiro atoms. The van der Waals surface area contributed by atoms with Gasteiger partial charge < -0.3 is 11.5 Å². The molecule has 1 aromatic rings. The zero-order chi connectivity index (χ0) is 10.6. The van der Waals surface area contributed by atoms with E-state index in [0.717, 1.165) is 0 Å². The summed E-state index contributed by atoms with van der Waals surface area (Å²) in [4.78, 5) is 4.01. The van der Waals surface area contributed by atoms with Gasteiger partial charge in [0.1, 0.15) is 5.82 Å².